The first-order chi connectivity index (χ1) is 12.1. The van der Waals surface area contributed by atoms with E-state index in [1.54, 1.807) is 12.3 Å². The summed E-state index contributed by atoms with van der Waals surface area (Å²) in [6, 6.07) is 21.7. The number of fused-ring (bicyclic) bond motifs is 1. The van der Waals surface area contributed by atoms with Gasteiger partial charge in [-0.2, -0.15) is 0 Å². The lowest BCUT2D eigenvalue weighted by Gasteiger charge is -2.13. The number of carbonyl (C=O) groups excluding carboxylic acids is 1. The molecule has 0 aromatic heterocycles. The van der Waals surface area contributed by atoms with Crippen molar-refractivity contribution in [3.8, 4) is 5.75 Å². The highest BCUT2D eigenvalue weighted by molar-refractivity contribution is 6.15. The van der Waals surface area contributed by atoms with Gasteiger partial charge in [0.15, 0.2) is 5.78 Å². The first-order valence-electron chi connectivity index (χ1n) is 8.22. The van der Waals surface area contributed by atoms with Gasteiger partial charge in [-0.15, -0.1) is 0 Å². The Hall–Kier alpha value is -3.07. The molecule has 0 atom stereocenters. The fourth-order valence-corrected chi connectivity index (χ4v) is 2.66. The van der Waals surface area contributed by atoms with Crippen LogP contribution >= 0.6 is 0 Å². The van der Waals surface area contributed by atoms with Gasteiger partial charge < -0.3 is 9.64 Å². The molecule has 0 spiro atoms. The van der Waals surface area contributed by atoms with Gasteiger partial charge in [0.2, 0.25) is 0 Å². The third-order valence-electron chi connectivity index (χ3n) is 3.90. The number of ketones is 1. The van der Waals surface area contributed by atoms with E-state index in [1.807, 2.05) is 85.7 Å². The van der Waals surface area contributed by atoms with Crippen molar-refractivity contribution in [3.63, 3.8) is 0 Å². The highest BCUT2D eigenvalue weighted by atomic mass is 16.5. The molecule has 0 bridgehead atoms. The van der Waals surface area contributed by atoms with Gasteiger partial charge in [-0.3, -0.25) is 4.79 Å². The standard InChI is InChI=1S/C22H21NO2/c1-23(2)15-14-20(24)22-19-11-7-6-10-18(19)12-13-21(22)25-16-17-8-4-3-5-9-17/h3-15H,16H2,1-2H3/b15-14+. The predicted molar refractivity (Wildman–Crippen MR) is 102 cm³/mol. The molecule has 0 saturated carbocycles. The SMILES string of the molecule is CN(C)/C=C/C(=O)c1c(OCc2ccccc2)ccc2ccccc12. The topological polar surface area (TPSA) is 29.5 Å². The number of allylic oxidation sites excluding steroid dienone is 1. The van der Waals surface area contributed by atoms with E-state index >= 15 is 0 Å². The minimum atomic E-state index is -0.0615. The van der Waals surface area contributed by atoms with Crippen molar-refractivity contribution in [2.24, 2.45) is 0 Å². The Balaban J connectivity index is 1.99. The van der Waals surface area contributed by atoms with Crippen LogP contribution in [0.2, 0.25) is 0 Å². The van der Waals surface area contributed by atoms with Crippen molar-refractivity contribution in [1.82, 2.24) is 4.90 Å². The van der Waals surface area contributed by atoms with Gasteiger partial charge in [-0.25, -0.2) is 0 Å². The van der Waals surface area contributed by atoms with Crippen LogP contribution in [-0.2, 0) is 6.61 Å². The monoisotopic (exact) mass is 331 g/mol. The normalized spacial score (nSPS) is 11.0. The summed E-state index contributed by atoms with van der Waals surface area (Å²) in [5.74, 6) is 0.546. The molecule has 0 amide bonds. The third-order valence-corrected chi connectivity index (χ3v) is 3.90. The van der Waals surface area contributed by atoms with Crippen LogP contribution in [0.3, 0.4) is 0 Å². The van der Waals surface area contributed by atoms with Gasteiger partial charge in [0.1, 0.15) is 12.4 Å². The molecule has 3 rings (SSSR count). The van der Waals surface area contributed by atoms with Crippen LogP contribution in [0, 0.1) is 0 Å². The van der Waals surface area contributed by atoms with Crippen LogP contribution < -0.4 is 4.74 Å². The summed E-state index contributed by atoms with van der Waals surface area (Å²) in [5.41, 5.74) is 1.67. The van der Waals surface area contributed by atoms with Crippen LogP contribution in [0.5, 0.6) is 5.75 Å². The van der Waals surface area contributed by atoms with E-state index in [1.165, 1.54) is 0 Å². The van der Waals surface area contributed by atoms with E-state index in [2.05, 4.69) is 0 Å². The van der Waals surface area contributed by atoms with E-state index in [0.29, 0.717) is 17.9 Å². The lowest BCUT2D eigenvalue weighted by atomic mass is 10.00. The van der Waals surface area contributed by atoms with Crippen molar-refractivity contribution in [3.05, 3.63) is 90.1 Å². The fraction of sp³-hybridized carbons (Fsp3) is 0.136. The Morgan fingerprint density at radius 2 is 1.68 bits per heavy atom. The number of nitrogens with zero attached hydrogens (tertiary/aromatic N) is 1. The number of benzene rings is 3. The molecular weight excluding hydrogens is 310 g/mol. The zero-order valence-corrected chi connectivity index (χ0v) is 14.5. The summed E-state index contributed by atoms with van der Waals surface area (Å²) < 4.78 is 5.99. The third kappa shape index (κ3) is 4.07. The highest BCUT2D eigenvalue weighted by Crippen LogP contribution is 2.29. The van der Waals surface area contributed by atoms with Crippen molar-refractivity contribution in [2.75, 3.05) is 14.1 Å². The van der Waals surface area contributed by atoms with Gasteiger partial charge in [-0.05, 0) is 22.4 Å². The van der Waals surface area contributed by atoms with Crippen molar-refractivity contribution in [2.45, 2.75) is 6.61 Å². The molecule has 3 aromatic carbocycles. The van der Waals surface area contributed by atoms with E-state index in [0.717, 1.165) is 16.3 Å². The fourth-order valence-electron chi connectivity index (χ4n) is 2.66. The summed E-state index contributed by atoms with van der Waals surface area (Å²) >= 11 is 0. The Morgan fingerprint density at radius 1 is 0.960 bits per heavy atom. The lowest BCUT2D eigenvalue weighted by molar-refractivity contribution is 0.104. The van der Waals surface area contributed by atoms with Gasteiger partial charge in [0.05, 0.1) is 5.56 Å². The number of carbonyl (C=O) groups is 1. The predicted octanol–water partition coefficient (Wildman–Crippen LogP) is 4.68. The van der Waals surface area contributed by atoms with Crippen LogP contribution in [0.4, 0.5) is 0 Å². The van der Waals surface area contributed by atoms with Crippen molar-refractivity contribution >= 4 is 16.6 Å². The maximum atomic E-state index is 12.8. The highest BCUT2D eigenvalue weighted by Gasteiger charge is 2.15. The average molecular weight is 331 g/mol. The van der Waals surface area contributed by atoms with Crippen LogP contribution in [0.1, 0.15) is 15.9 Å². The summed E-state index contributed by atoms with van der Waals surface area (Å²) in [6.07, 6.45) is 3.34. The molecule has 126 valence electrons. The first kappa shape index (κ1) is 16.8. The molecule has 0 unspecified atom stereocenters. The average Bonchev–Trinajstić information content (AvgIpc) is 2.64. The maximum Gasteiger partial charge on any atom is 0.191 e. The molecule has 0 fully saturated rings. The summed E-state index contributed by atoms with van der Waals surface area (Å²) in [4.78, 5) is 14.6. The second-order valence-electron chi connectivity index (χ2n) is 6.08. The Kier molecular flexibility index (Phi) is 5.14. The minimum Gasteiger partial charge on any atom is -0.488 e. The molecule has 25 heavy (non-hydrogen) atoms. The second-order valence-corrected chi connectivity index (χ2v) is 6.08. The summed E-state index contributed by atoms with van der Waals surface area (Å²) in [7, 11) is 3.78. The van der Waals surface area contributed by atoms with E-state index < -0.39 is 0 Å². The first-order valence-corrected chi connectivity index (χ1v) is 8.22. The maximum absolute atomic E-state index is 12.8. The van der Waals surface area contributed by atoms with Crippen LogP contribution in [0.25, 0.3) is 10.8 Å². The zero-order valence-electron chi connectivity index (χ0n) is 14.5. The molecular formula is C22H21NO2. The van der Waals surface area contributed by atoms with Crippen molar-refractivity contribution < 1.29 is 9.53 Å². The molecule has 0 aliphatic rings. The molecule has 0 radical (unpaired) electrons. The van der Waals surface area contributed by atoms with Crippen LogP contribution in [-0.4, -0.2) is 24.8 Å². The molecule has 3 aromatic rings. The Labute approximate surface area is 148 Å². The van der Waals surface area contributed by atoms with Crippen molar-refractivity contribution in [1.29, 1.82) is 0 Å². The van der Waals surface area contributed by atoms with Gasteiger partial charge in [0.25, 0.3) is 0 Å². The lowest BCUT2D eigenvalue weighted by Crippen LogP contribution is -2.06. The number of hydrogen-bond donors (Lipinski definition) is 0. The van der Waals surface area contributed by atoms with E-state index in [9.17, 15) is 4.79 Å². The van der Waals surface area contributed by atoms with Gasteiger partial charge in [0, 0.05) is 26.4 Å². The second kappa shape index (κ2) is 7.67. The van der Waals surface area contributed by atoms with E-state index in [-0.39, 0.29) is 5.78 Å². The van der Waals surface area contributed by atoms with Gasteiger partial charge >= 0.3 is 0 Å². The zero-order chi connectivity index (χ0) is 17.6. The van der Waals surface area contributed by atoms with Gasteiger partial charge in [-0.1, -0.05) is 60.7 Å². The summed E-state index contributed by atoms with van der Waals surface area (Å²) in [6.45, 7) is 0.427. The number of rotatable bonds is 6. The number of ether oxygens (including phenoxy) is 1. The quantitative estimate of drug-likeness (QED) is 0.485. The molecule has 3 heteroatoms. The van der Waals surface area contributed by atoms with E-state index in [4.69, 9.17) is 4.74 Å². The Bertz CT molecular complexity index is 898. The molecule has 0 aliphatic heterocycles. The molecule has 0 aliphatic carbocycles. The minimum absolute atomic E-state index is 0.0615. The summed E-state index contributed by atoms with van der Waals surface area (Å²) in [5, 5.41) is 1.93. The molecule has 0 N–H and O–H groups in total. The smallest absolute Gasteiger partial charge is 0.191 e. The Morgan fingerprint density at radius 3 is 2.44 bits per heavy atom. The number of hydrogen-bond acceptors (Lipinski definition) is 3. The molecule has 0 saturated heterocycles. The largest absolute Gasteiger partial charge is 0.488 e. The molecule has 3 nitrogen and oxygen atoms in total. The molecule has 0 heterocycles. The van der Waals surface area contributed by atoms with Crippen LogP contribution in [0.15, 0.2) is 79.0 Å².